The quantitative estimate of drug-likeness (QED) is 0.0295. The number of hydrogen-bond acceptors (Lipinski definition) is 26. The molecule has 3 saturated carbocycles. The zero-order valence-electron chi connectivity index (χ0n) is 78.4. The molecule has 7 atom stereocenters. The lowest BCUT2D eigenvalue weighted by Gasteiger charge is -2.58. The van der Waals surface area contributed by atoms with E-state index >= 15 is 0 Å². The number of ketones is 2. The normalized spacial score (nSPS) is 23.3. The number of nitrogens with zero attached hydrogens (tertiary/aromatic N) is 11. The van der Waals surface area contributed by atoms with Gasteiger partial charge in [-0.3, -0.25) is 71.9 Å². The van der Waals surface area contributed by atoms with E-state index in [1.165, 1.54) is 28.3 Å². The number of aromatic nitrogens is 8. The molecule has 0 radical (unpaired) electrons. The van der Waals surface area contributed by atoms with Crippen LogP contribution in [0.4, 0.5) is 4.39 Å². The third-order valence-electron chi connectivity index (χ3n) is 31.1. The number of aryl methyl sites for hydroxylation is 4. The van der Waals surface area contributed by atoms with Crippen molar-refractivity contribution in [3.05, 3.63) is 260 Å². The molecule has 0 spiro atoms. The lowest BCUT2D eigenvalue weighted by Crippen LogP contribution is -2.66. The SMILES string of the molecule is C.COc1ccc2c(c1[C@H](N)CN1CCC(NCc3cc4c(cn3)OCCC4)CC1)CC(=O)C=C2.N[C@H](CN1CCC(NCc2cc3c(cn2)OCCC3)CC1)c1c(F)ccc2c1CC(=O)C=C2.N[C@H]1CC2(C[C@@H]3Cn4c(=O)ccc5ccc(=O)n3c54)CCC1(NCc1cc3c(cn1)OCCC3)CC2.N[C@H]1CN(C[C@@H]2Cn3c(=O)ccc4ccc(=O)n2c43)CCC1NCc1cc2c(cn1)OCCC2. The van der Waals surface area contributed by atoms with Crippen LogP contribution in [0.2, 0.25) is 0 Å². The van der Waals surface area contributed by atoms with Crippen LogP contribution in [0.3, 0.4) is 0 Å². The van der Waals surface area contributed by atoms with Gasteiger partial charge in [-0.1, -0.05) is 31.7 Å². The molecule has 138 heavy (non-hydrogen) atoms. The molecule has 12 N–H and O–H groups in total. The summed E-state index contributed by atoms with van der Waals surface area (Å²) in [6.45, 7) is 14.6. The number of carbonyl (C=O) groups is 2. The van der Waals surface area contributed by atoms with Gasteiger partial charge in [0.05, 0.1) is 93.2 Å². The Morgan fingerprint density at radius 3 is 1.38 bits per heavy atom. The Kier molecular flexibility index (Phi) is 29.1. The van der Waals surface area contributed by atoms with Gasteiger partial charge in [-0.2, -0.15) is 0 Å². The molecular formula is C107H132FN19O11. The summed E-state index contributed by atoms with van der Waals surface area (Å²) in [6, 6.07) is 29.9. The summed E-state index contributed by atoms with van der Waals surface area (Å²) in [6.07, 6.45) is 34.5. The molecule has 30 nitrogen and oxygen atoms in total. The zero-order chi connectivity index (χ0) is 94.0. The number of methoxy groups -OCH3 is 1. The van der Waals surface area contributed by atoms with E-state index in [4.69, 9.17) is 46.6 Å². The Morgan fingerprint density at radius 1 is 0.486 bits per heavy atom. The Bertz CT molecular complexity index is 6480. The van der Waals surface area contributed by atoms with Crippen LogP contribution in [0.5, 0.6) is 28.7 Å². The minimum atomic E-state index is -0.453. The summed E-state index contributed by atoms with van der Waals surface area (Å²) < 4.78 is 50.2. The minimum absolute atomic E-state index is 0. The molecule has 6 fully saturated rings. The first-order valence-electron chi connectivity index (χ1n) is 49.7. The predicted molar refractivity (Wildman–Crippen MR) is 531 cm³/mol. The Hall–Kier alpha value is -11.3. The van der Waals surface area contributed by atoms with Crippen LogP contribution in [0, 0.1) is 11.2 Å². The van der Waals surface area contributed by atoms with Gasteiger partial charge in [-0.15, -0.1) is 0 Å². The van der Waals surface area contributed by atoms with Crippen LogP contribution >= 0.6 is 0 Å². The summed E-state index contributed by atoms with van der Waals surface area (Å²) in [5, 5.41) is 16.6. The van der Waals surface area contributed by atoms with Gasteiger partial charge in [0, 0.05) is 172 Å². The van der Waals surface area contributed by atoms with Gasteiger partial charge in [0.1, 0.15) is 45.9 Å². The van der Waals surface area contributed by atoms with Crippen molar-refractivity contribution in [3.8, 4) is 28.7 Å². The molecule has 17 heterocycles. The summed E-state index contributed by atoms with van der Waals surface area (Å²) >= 11 is 0. The minimum Gasteiger partial charge on any atom is -0.496 e. The fraction of sp³-hybridized carbons (Fsp3) is 0.495. The Morgan fingerprint density at radius 2 is 0.913 bits per heavy atom. The van der Waals surface area contributed by atoms with E-state index in [1.807, 2.05) is 59.7 Å². The fourth-order valence-electron chi connectivity index (χ4n) is 23.7. The molecule has 3 saturated heterocycles. The molecule has 1 unspecified atom stereocenters. The molecule has 10 aromatic rings. The van der Waals surface area contributed by atoms with E-state index in [0.29, 0.717) is 63.3 Å². The summed E-state index contributed by atoms with van der Waals surface area (Å²) in [4.78, 5) is 99.8. The van der Waals surface area contributed by atoms with Gasteiger partial charge < -0.3 is 77.7 Å². The first kappa shape index (κ1) is 95.6. The molecule has 14 aliphatic rings. The van der Waals surface area contributed by atoms with Crippen molar-refractivity contribution in [1.29, 1.82) is 0 Å². The lowest BCUT2D eigenvalue weighted by atomic mass is 9.53. The number of pyridine rings is 8. The summed E-state index contributed by atoms with van der Waals surface area (Å²) in [5.74, 6) is 4.26. The molecule has 5 aliphatic carbocycles. The number of halogens is 1. The topological polar surface area (TPSA) is 382 Å². The van der Waals surface area contributed by atoms with E-state index in [-0.39, 0.29) is 101 Å². The van der Waals surface area contributed by atoms with Crippen molar-refractivity contribution in [3.63, 3.8) is 0 Å². The largest absolute Gasteiger partial charge is 0.496 e. The summed E-state index contributed by atoms with van der Waals surface area (Å²) in [7, 11) is 1.67. The number of nitrogens with one attached hydrogen (secondary N) is 4. The second-order valence-electron chi connectivity index (χ2n) is 40.0. The summed E-state index contributed by atoms with van der Waals surface area (Å²) in [5.41, 5.74) is 42.4. The van der Waals surface area contributed by atoms with Crippen LogP contribution in [-0.2, 0) is 87.4 Å². The number of fused-ring (bicyclic) bond motifs is 9. The van der Waals surface area contributed by atoms with Crippen molar-refractivity contribution in [1.82, 2.24) is 74.2 Å². The highest BCUT2D eigenvalue weighted by Crippen LogP contribution is 2.56. The molecule has 8 aromatic heterocycles. The number of piperidine rings is 3. The molecule has 2 bridgehead atoms. The van der Waals surface area contributed by atoms with Crippen LogP contribution < -0.4 is 90.1 Å². The van der Waals surface area contributed by atoms with Gasteiger partial charge in [0.25, 0.3) is 22.2 Å². The van der Waals surface area contributed by atoms with Crippen molar-refractivity contribution in [2.45, 2.75) is 241 Å². The standard InChI is InChI=1S/C28H33N5O3.C27H34N4O3.C26H31FN4O2.C25H30N6O3.CH4/c29-23-14-27(13-21-17-32-24(34)5-3-18-4-6-25(35)33(21)26(18)32)7-9-28(23,10-8-27)31-15-20-12-19-2-1-11-36-22(19)16-30-20;1-33-25-7-5-18-4-6-22(32)14-23(18)27(25)24(28)17-31-10-8-20(9-11-31)29-15-21-13-19-3-2-12-34-26(19)16-30-21;27-23-6-4-17-3-5-21(32)13-22(17)26(23)24(28)16-31-9-7-19(8-10-31)29-14-20-12-18-2-1-11-33-25(18)15-30-20;26-20-15-29(8-7-21(20)28-11-18-10-17-2-1-9-34-22(17)12-27-18)13-19-14-30-23(32)5-3-16-4-6-24(33)31(19)25(16)30;/h3-6,12,16,21,23,31H,1-2,7-11,13-15,17,29H2;4-7,13,16,20,24,29H,2-3,8-12,14-15,17,28H2,1H3;3-6,12,15,19,24,29H,1-2,7-11,13-14,16,28H2;3-6,10,12,19-21,28H,1-2,7-9,11,13-15,26H2;1H4/t21-,23+,27?,28?;2*24-;19-,20+,21?;/m1111./s1. The number of allylic oxidation sites excluding steroid dienone is 2. The lowest BCUT2D eigenvalue weighted by molar-refractivity contribution is -0.114. The number of benzene rings is 2. The van der Waals surface area contributed by atoms with Gasteiger partial charge in [0.15, 0.2) is 11.6 Å². The molecule has 728 valence electrons. The molecule has 31 heteroatoms. The number of hydrogen-bond donors (Lipinski definition) is 8. The number of likely N-dealkylation sites (tertiary alicyclic amines) is 3. The first-order chi connectivity index (χ1) is 66.7. The second-order valence-corrected chi connectivity index (χ2v) is 40.0. The van der Waals surface area contributed by atoms with E-state index in [9.17, 15) is 33.2 Å². The van der Waals surface area contributed by atoms with E-state index in [1.54, 1.807) is 81.5 Å². The number of rotatable bonds is 23. The van der Waals surface area contributed by atoms with Gasteiger partial charge in [-0.25, -0.2) is 4.39 Å². The van der Waals surface area contributed by atoms with Crippen LogP contribution in [0.15, 0.2) is 153 Å². The fourth-order valence-corrected chi connectivity index (χ4v) is 23.7. The molecule has 9 aliphatic heterocycles. The van der Waals surface area contributed by atoms with Crippen molar-refractivity contribution in [2.24, 2.45) is 28.3 Å². The van der Waals surface area contributed by atoms with Crippen molar-refractivity contribution >= 4 is 45.8 Å². The maximum Gasteiger partial charge on any atom is 0.252 e. The number of nitrogens with two attached hydrogens (primary N) is 4. The van der Waals surface area contributed by atoms with Crippen LogP contribution in [0.1, 0.15) is 206 Å². The average molecular weight is 1880 g/mol. The smallest absolute Gasteiger partial charge is 0.252 e. The van der Waals surface area contributed by atoms with E-state index in [0.717, 1.165) is 309 Å². The predicted octanol–water partition coefficient (Wildman–Crippen LogP) is 9.66. The van der Waals surface area contributed by atoms with Crippen LogP contribution in [0.25, 0.3) is 34.2 Å². The molecule has 24 rings (SSSR count). The average Bonchev–Trinajstić information content (AvgIpc) is 1.67. The monoisotopic (exact) mass is 1880 g/mol. The van der Waals surface area contributed by atoms with Gasteiger partial charge in [-0.05, 0) is 277 Å². The van der Waals surface area contributed by atoms with Crippen molar-refractivity contribution in [2.75, 3.05) is 92.4 Å². The second kappa shape index (κ2) is 42.0. The maximum absolute atomic E-state index is 14.7. The first-order valence-corrected chi connectivity index (χ1v) is 49.7. The third-order valence-corrected chi connectivity index (χ3v) is 31.1. The Balaban J connectivity index is 0.000000117. The van der Waals surface area contributed by atoms with Gasteiger partial charge >= 0.3 is 0 Å². The number of carbonyl (C=O) groups excluding carboxylic acids is 2. The highest BCUT2D eigenvalue weighted by molar-refractivity contribution is 5.99. The molecule has 2 aromatic carbocycles. The highest BCUT2D eigenvalue weighted by atomic mass is 19.1. The third kappa shape index (κ3) is 20.8. The van der Waals surface area contributed by atoms with Gasteiger partial charge in [0.2, 0.25) is 0 Å². The van der Waals surface area contributed by atoms with E-state index in [2.05, 4.69) is 80.2 Å². The van der Waals surface area contributed by atoms with Crippen LogP contribution in [-0.4, -0.2) is 193 Å². The Labute approximate surface area is 803 Å². The van der Waals surface area contributed by atoms with E-state index < -0.39 is 6.04 Å². The zero-order valence-corrected chi connectivity index (χ0v) is 78.4. The maximum atomic E-state index is 14.7. The highest BCUT2D eigenvalue weighted by Gasteiger charge is 2.54. The number of ether oxygens (including phenoxy) is 5. The molecular weight excluding hydrogens is 1750 g/mol. The van der Waals surface area contributed by atoms with Crippen molar-refractivity contribution < 1.29 is 37.7 Å². The molecule has 0 amide bonds.